The van der Waals surface area contributed by atoms with Gasteiger partial charge in [0.2, 0.25) is 0 Å². The predicted molar refractivity (Wildman–Crippen MR) is 44.4 cm³/mol. The number of carbonyl (C=O) groups is 2. The van der Waals surface area contributed by atoms with Gasteiger partial charge in [0.15, 0.2) is 0 Å². The van der Waals surface area contributed by atoms with Crippen molar-refractivity contribution >= 4 is 12.1 Å². The first-order valence-corrected chi connectivity index (χ1v) is 4.21. The molecule has 1 N–H and O–H groups in total. The lowest BCUT2D eigenvalue weighted by molar-refractivity contribution is -0.138. The van der Waals surface area contributed by atoms with Crippen LogP contribution in [0.3, 0.4) is 0 Å². The molecular weight excluding hydrogens is 174 g/mol. The average molecular weight is 187 g/mol. The molecule has 1 amide bonds. The Morgan fingerprint density at radius 3 is 2.85 bits per heavy atom. The fraction of sp³-hybridized carbons (Fsp3) is 0.750. The largest absolute Gasteiger partial charge is 0.481 e. The molecule has 0 saturated carbocycles. The van der Waals surface area contributed by atoms with E-state index in [4.69, 9.17) is 5.11 Å². The van der Waals surface area contributed by atoms with Crippen LogP contribution in [-0.4, -0.2) is 41.8 Å². The normalized spacial score (nSPS) is 21.6. The van der Waals surface area contributed by atoms with Gasteiger partial charge >= 0.3 is 12.1 Å². The van der Waals surface area contributed by atoms with Crippen LogP contribution in [0, 0.1) is 0 Å². The van der Waals surface area contributed by atoms with E-state index in [1.165, 1.54) is 12.0 Å². The van der Waals surface area contributed by atoms with Gasteiger partial charge < -0.3 is 14.7 Å². The number of carboxylic acid groups (broad SMARTS) is 1. The maximum Gasteiger partial charge on any atom is 0.409 e. The van der Waals surface area contributed by atoms with E-state index in [9.17, 15) is 9.59 Å². The van der Waals surface area contributed by atoms with Gasteiger partial charge in [0.25, 0.3) is 0 Å². The van der Waals surface area contributed by atoms with Crippen molar-refractivity contribution in [1.82, 2.24) is 4.90 Å². The molecule has 0 radical (unpaired) electrons. The number of hydrogen-bond donors (Lipinski definition) is 1. The molecular formula is C8H13NO4. The number of nitrogens with zero attached hydrogens (tertiary/aromatic N) is 1. The van der Waals surface area contributed by atoms with E-state index >= 15 is 0 Å². The minimum Gasteiger partial charge on any atom is -0.481 e. The van der Waals surface area contributed by atoms with Crippen LogP contribution in [0.25, 0.3) is 0 Å². The van der Waals surface area contributed by atoms with Gasteiger partial charge in [-0.2, -0.15) is 0 Å². The number of carboxylic acids is 1. The summed E-state index contributed by atoms with van der Waals surface area (Å²) in [4.78, 5) is 23.0. The Morgan fingerprint density at radius 1 is 1.62 bits per heavy atom. The zero-order chi connectivity index (χ0) is 9.84. The summed E-state index contributed by atoms with van der Waals surface area (Å²) in [5.41, 5.74) is 0. The van der Waals surface area contributed by atoms with Gasteiger partial charge in [-0.25, -0.2) is 4.79 Å². The van der Waals surface area contributed by atoms with Crippen LogP contribution in [0.5, 0.6) is 0 Å². The Balaban J connectivity index is 2.53. The van der Waals surface area contributed by atoms with Crippen molar-refractivity contribution in [2.75, 3.05) is 13.7 Å². The second kappa shape index (κ2) is 4.11. The molecule has 0 bridgehead atoms. The molecule has 13 heavy (non-hydrogen) atoms. The molecule has 0 spiro atoms. The monoisotopic (exact) mass is 187 g/mol. The molecule has 1 unspecified atom stereocenters. The van der Waals surface area contributed by atoms with E-state index in [2.05, 4.69) is 4.74 Å². The highest BCUT2D eigenvalue weighted by Gasteiger charge is 2.30. The summed E-state index contributed by atoms with van der Waals surface area (Å²) >= 11 is 0. The van der Waals surface area contributed by atoms with E-state index in [-0.39, 0.29) is 12.5 Å². The quantitative estimate of drug-likeness (QED) is 0.690. The summed E-state index contributed by atoms with van der Waals surface area (Å²) < 4.78 is 4.54. The lowest BCUT2D eigenvalue weighted by Gasteiger charge is -2.21. The molecule has 0 aromatic heterocycles. The number of rotatable bonds is 2. The number of hydrogen-bond acceptors (Lipinski definition) is 3. The molecule has 5 heteroatoms. The molecule has 0 aromatic rings. The number of likely N-dealkylation sites (tertiary alicyclic amines) is 1. The van der Waals surface area contributed by atoms with Crippen molar-refractivity contribution in [3.05, 3.63) is 0 Å². The SMILES string of the molecule is COC(=O)N1CCCC1CC(=O)O. The molecule has 1 fully saturated rings. The summed E-state index contributed by atoms with van der Waals surface area (Å²) in [7, 11) is 1.30. The first-order chi connectivity index (χ1) is 6.15. The highest BCUT2D eigenvalue weighted by Crippen LogP contribution is 2.20. The van der Waals surface area contributed by atoms with Crippen LogP contribution in [0.4, 0.5) is 4.79 Å². The van der Waals surface area contributed by atoms with Gasteiger partial charge in [-0.05, 0) is 12.8 Å². The topological polar surface area (TPSA) is 66.8 Å². The van der Waals surface area contributed by atoms with Crippen LogP contribution in [0.15, 0.2) is 0 Å². The zero-order valence-corrected chi connectivity index (χ0v) is 7.52. The van der Waals surface area contributed by atoms with Crippen molar-refractivity contribution in [3.8, 4) is 0 Å². The van der Waals surface area contributed by atoms with Crippen LogP contribution in [0.2, 0.25) is 0 Å². The van der Waals surface area contributed by atoms with Crippen molar-refractivity contribution in [2.24, 2.45) is 0 Å². The molecule has 1 atom stereocenters. The van der Waals surface area contributed by atoms with Crippen LogP contribution >= 0.6 is 0 Å². The summed E-state index contributed by atoms with van der Waals surface area (Å²) in [5.74, 6) is -0.874. The fourth-order valence-corrected chi connectivity index (χ4v) is 1.61. The molecule has 5 nitrogen and oxygen atoms in total. The van der Waals surface area contributed by atoms with Crippen LogP contribution in [-0.2, 0) is 9.53 Å². The van der Waals surface area contributed by atoms with E-state index < -0.39 is 12.1 Å². The number of ether oxygens (including phenoxy) is 1. The van der Waals surface area contributed by atoms with Gasteiger partial charge in [0, 0.05) is 12.6 Å². The predicted octanol–water partition coefficient (Wildman–Crippen LogP) is 0.692. The molecule has 0 aromatic carbocycles. The molecule has 1 rings (SSSR count). The highest BCUT2D eigenvalue weighted by atomic mass is 16.5. The number of aliphatic carboxylic acids is 1. The minimum absolute atomic E-state index is 0.00903. The molecule has 1 aliphatic heterocycles. The summed E-state index contributed by atoms with van der Waals surface area (Å²) in [5, 5.41) is 8.57. The number of amides is 1. The van der Waals surface area contributed by atoms with E-state index in [1.807, 2.05) is 0 Å². The second-order valence-corrected chi connectivity index (χ2v) is 3.06. The van der Waals surface area contributed by atoms with Gasteiger partial charge in [-0.3, -0.25) is 4.79 Å². The zero-order valence-electron chi connectivity index (χ0n) is 7.52. The minimum atomic E-state index is -0.874. The first kappa shape index (κ1) is 9.83. The van der Waals surface area contributed by atoms with Crippen molar-refractivity contribution in [1.29, 1.82) is 0 Å². The average Bonchev–Trinajstić information content (AvgIpc) is 2.50. The Labute approximate surface area is 76.3 Å². The van der Waals surface area contributed by atoms with Gasteiger partial charge in [0.1, 0.15) is 0 Å². The van der Waals surface area contributed by atoms with Crippen molar-refractivity contribution in [3.63, 3.8) is 0 Å². The number of carbonyl (C=O) groups excluding carboxylic acids is 1. The summed E-state index contributed by atoms with van der Waals surface area (Å²) in [6.07, 6.45) is 1.19. The highest BCUT2D eigenvalue weighted by molar-refractivity contribution is 5.71. The van der Waals surface area contributed by atoms with E-state index in [1.54, 1.807) is 0 Å². The van der Waals surface area contributed by atoms with Gasteiger partial charge in [-0.15, -0.1) is 0 Å². The van der Waals surface area contributed by atoms with E-state index in [0.717, 1.165) is 12.8 Å². The molecule has 1 aliphatic rings. The summed E-state index contributed by atoms with van der Waals surface area (Å²) in [6.45, 7) is 0.602. The van der Waals surface area contributed by atoms with Crippen molar-refractivity contribution in [2.45, 2.75) is 25.3 Å². The van der Waals surface area contributed by atoms with Crippen LogP contribution in [0.1, 0.15) is 19.3 Å². The Kier molecular flexibility index (Phi) is 3.11. The maximum absolute atomic E-state index is 11.1. The Hall–Kier alpha value is -1.26. The lowest BCUT2D eigenvalue weighted by Crippen LogP contribution is -2.36. The number of methoxy groups -OCH3 is 1. The molecule has 0 aliphatic carbocycles. The molecule has 1 saturated heterocycles. The third-order valence-electron chi connectivity index (χ3n) is 2.20. The Morgan fingerprint density at radius 2 is 2.31 bits per heavy atom. The van der Waals surface area contributed by atoms with Crippen molar-refractivity contribution < 1.29 is 19.4 Å². The fourth-order valence-electron chi connectivity index (χ4n) is 1.61. The van der Waals surface area contributed by atoms with E-state index in [0.29, 0.717) is 6.54 Å². The Bertz CT molecular complexity index is 216. The summed E-state index contributed by atoms with van der Waals surface area (Å²) in [6, 6.07) is -0.190. The third kappa shape index (κ3) is 2.34. The molecule has 74 valence electrons. The third-order valence-corrected chi connectivity index (χ3v) is 2.20. The van der Waals surface area contributed by atoms with Crippen LogP contribution < -0.4 is 0 Å². The second-order valence-electron chi connectivity index (χ2n) is 3.06. The maximum atomic E-state index is 11.1. The van der Waals surface area contributed by atoms with Gasteiger partial charge in [0.05, 0.1) is 13.5 Å². The first-order valence-electron chi connectivity index (χ1n) is 4.21. The van der Waals surface area contributed by atoms with Gasteiger partial charge in [-0.1, -0.05) is 0 Å². The lowest BCUT2D eigenvalue weighted by atomic mass is 10.1. The molecule has 1 heterocycles. The smallest absolute Gasteiger partial charge is 0.409 e. The standard InChI is InChI=1S/C8H13NO4/c1-13-8(12)9-4-2-3-6(9)5-7(10)11/h6H,2-5H2,1H3,(H,10,11).